The summed E-state index contributed by atoms with van der Waals surface area (Å²) < 4.78 is 0. The van der Waals surface area contributed by atoms with E-state index in [0.29, 0.717) is 30.1 Å². The van der Waals surface area contributed by atoms with E-state index in [2.05, 4.69) is 27.5 Å². The molecule has 1 N–H and O–H groups in total. The van der Waals surface area contributed by atoms with Crippen LogP contribution in [0.15, 0.2) is 5.38 Å². The normalized spacial score (nSPS) is 22.6. The SMILES string of the molecule is Cc1csc(C2CCCN(C(=O)CC(C)C3CCNCC3)C2)n1.Cl.Cl. The predicted molar refractivity (Wildman–Crippen MR) is 109 cm³/mol. The molecule has 0 saturated carbocycles. The Labute approximate surface area is 168 Å². The van der Waals surface area contributed by atoms with E-state index >= 15 is 0 Å². The Bertz CT molecular complexity index is 534. The molecule has 2 atom stereocenters. The summed E-state index contributed by atoms with van der Waals surface area (Å²) in [6.07, 6.45) is 5.43. The average molecular weight is 408 g/mol. The van der Waals surface area contributed by atoms with Crippen molar-refractivity contribution in [2.75, 3.05) is 26.2 Å². The average Bonchev–Trinajstić information content (AvgIpc) is 3.02. The number of rotatable bonds is 4. The van der Waals surface area contributed by atoms with Crippen LogP contribution in [-0.4, -0.2) is 42.0 Å². The third-order valence-electron chi connectivity index (χ3n) is 5.45. The predicted octanol–water partition coefficient (Wildman–Crippen LogP) is 4.03. The first-order valence-corrected chi connectivity index (χ1v) is 9.92. The second-order valence-corrected chi connectivity index (χ2v) is 8.16. The Kier molecular flexibility index (Phi) is 9.71. The summed E-state index contributed by atoms with van der Waals surface area (Å²) in [5.74, 6) is 2.02. The molecule has 0 bridgehead atoms. The fourth-order valence-electron chi connectivity index (χ4n) is 3.95. The fourth-order valence-corrected chi connectivity index (χ4v) is 4.87. The molecule has 2 aliphatic heterocycles. The summed E-state index contributed by atoms with van der Waals surface area (Å²) in [4.78, 5) is 19.5. The third kappa shape index (κ3) is 6.09. The van der Waals surface area contributed by atoms with Crippen LogP contribution < -0.4 is 5.32 Å². The summed E-state index contributed by atoms with van der Waals surface area (Å²) in [5.41, 5.74) is 1.10. The molecule has 2 saturated heterocycles. The van der Waals surface area contributed by atoms with E-state index in [4.69, 9.17) is 0 Å². The first kappa shape index (κ1) is 22.7. The van der Waals surface area contributed by atoms with E-state index in [1.54, 1.807) is 11.3 Å². The van der Waals surface area contributed by atoms with Gasteiger partial charge in [-0.15, -0.1) is 36.2 Å². The lowest BCUT2D eigenvalue weighted by Gasteiger charge is -2.34. The molecule has 0 aromatic carbocycles. The molecule has 2 aliphatic rings. The smallest absolute Gasteiger partial charge is 0.222 e. The van der Waals surface area contributed by atoms with Crippen molar-refractivity contribution in [3.8, 4) is 0 Å². The quantitative estimate of drug-likeness (QED) is 0.818. The lowest BCUT2D eigenvalue weighted by Crippen LogP contribution is -2.40. The molecular weight excluding hydrogens is 377 g/mol. The van der Waals surface area contributed by atoms with Crippen LogP contribution in [0, 0.1) is 18.8 Å². The number of carbonyl (C=O) groups is 1. The maximum atomic E-state index is 12.7. The minimum absolute atomic E-state index is 0. The Balaban J connectivity index is 0.00000156. The van der Waals surface area contributed by atoms with Crippen LogP contribution >= 0.6 is 36.2 Å². The van der Waals surface area contributed by atoms with Gasteiger partial charge in [-0.2, -0.15) is 0 Å². The minimum Gasteiger partial charge on any atom is -0.342 e. The molecule has 1 aromatic heterocycles. The molecule has 2 fully saturated rings. The number of nitrogens with one attached hydrogen (secondary N) is 1. The molecule has 0 aliphatic carbocycles. The van der Waals surface area contributed by atoms with Crippen molar-refractivity contribution in [3.63, 3.8) is 0 Å². The molecule has 1 amide bonds. The second-order valence-electron chi connectivity index (χ2n) is 7.27. The van der Waals surface area contributed by atoms with E-state index in [0.717, 1.165) is 38.3 Å². The summed E-state index contributed by atoms with van der Waals surface area (Å²) in [5, 5.41) is 6.75. The monoisotopic (exact) mass is 407 g/mol. The maximum absolute atomic E-state index is 12.7. The van der Waals surface area contributed by atoms with Crippen LogP contribution in [0.4, 0.5) is 0 Å². The van der Waals surface area contributed by atoms with Gasteiger partial charge in [0, 0.05) is 36.5 Å². The highest BCUT2D eigenvalue weighted by molar-refractivity contribution is 7.09. The number of carbonyl (C=O) groups excluding carboxylic acids is 1. The number of thiazole rings is 1. The number of hydrogen-bond donors (Lipinski definition) is 1. The van der Waals surface area contributed by atoms with Gasteiger partial charge in [0.25, 0.3) is 0 Å². The van der Waals surface area contributed by atoms with Crippen LogP contribution in [0.25, 0.3) is 0 Å². The van der Waals surface area contributed by atoms with Crippen molar-refractivity contribution in [1.82, 2.24) is 15.2 Å². The van der Waals surface area contributed by atoms with Crippen LogP contribution in [-0.2, 0) is 4.79 Å². The van der Waals surface area contributed by atoms with Gasteiger partial charge in [0.15, 0.2) is 0 Å². The van der Waals surface area contributed by atoms with Gasteiger partial charge in [0.1, 0.15) is 0 Å². The number of piperidine rings is 2. The van der Waals surface area contributed by atoms with Crippen molar-refractivity contribution in [2.45, 2.75) is 51.9 Å². The topological polar surface area (TPSA) is 45.2 Å². The number of aromatic nitrogens is 1. The Hall–Kier alpha value is -0.360. The lowest BCUT2D eigenvalue weighted by molar-refractivity contribution is -0.133. The summed E-state index contributed by atoms with van der Waals surface area (Å²) >= 11 is 1.75. The number of nitrogens with zero attached hydrogens (tertiary/aromatic N) is 2. The molecule has 0 radical (unpaired) electrons. The summed E-state index contributed by atoms with van der Waals surface area (Å²) in [6, 6.07) is 0. The molecule has 7 heteroatoms. The first-order valence-electron chi connectivity index (χ1n) is 9.04. The van der Waals surface area contributed by atoms with Crippen LogP contribution in [0.3, 0.4) is 0 Å². The van der Waals surface area contributed by atoms with Crippen molar-refractivity contribution in [1.29, 1.82) is 0 Å². The van der Waals surface area contributed by atoms with Gasteiger partial charge in [-0.25, -0.2) is 4.98 Å². The number of likely N-dealkylation sites (tertiary alicyclic amines) is 1. The van der Waals surface area contributed by atoms with Crippen molar-refractivity contribution in [2.24, 2.45) is 11.8 Å². The maximum Gasteiger partial charge on any atom is 0.222 e. The Morgan fingerprint density at radius 1 is 1.36 bits per heavy atom. The highest BCUT2D eigenvalue weighted by atomic mass is 35.5. The Morgan fingerprint density at radius 3 is 2.72 bits per heavy atom. The van der Waals surface area contributed by atoms with E-state index in [9.17, 15) is 4.79 Å². The molecule has 3 heterocycles. The highest BCUT2D eigenvalue weighted by Crippen LogP contribution is 2.31. The van der Waals surface area contributed by atoms with Crippen LogP contribution in [0.1, 0.15) is 55.6 Å². The molecule has 144 valence electrons. The first-order chi connectivity index (χ1) is 11.1. The standard InChI is InChI=1S/C18H29N3OS.2ClH/c1-13(15-5-7-19-8-6-15)10-17(22)21-9-3-4-16(11-21)18-20-14(2)12-23-18;;/h12-13,15-16,19H,3-11H2,1-2H3;2*1H. The van der Waals surface area contributed by atoms with Gasteiger partial charge >= 0.3 is 0 Å². The fraction of sp³-hybridized carbons (Fsp3) is 0.778. The minimum atomic E-state index is 0. The molecule has 4 nitrogen and oxygen atoms in total. The number of hydrogen-bond acceptors (Lipinski definition) is 4. The summed E-state index contributed by atoms with van der Waals surface area (Å²) in [7, 11) is 0. The van der Waals surface area contributed by atoms with Gasteiger partial charge < -0.3 is 10.2 Å². The van der Waals surface area contributed by atoms with Crippen molar-refractivity contribution < 1.29 is 4.79 Å². The lowest BCUT2D eigenvalue weighted by atomic mass is 9.83. The third-order valence-corrected chi connectivity index (χ3v) is 6.57. The van der Waals surface area contributed by atoms with Crippen LogP contribution in [0.2, 0.25) is 0 Å². The van der Waals surface area contributed by atoms with Gasteiger partial charge in [0.05, 0.1) is 5.01 Å². The van der Waals surface area contributed by atoms with Gasteiger partial charge in [-0.1, -0.05) is 6.92 Å². The van der Waals surface area contributed by atoms with E-state index < -0.39 is 0 Å². The molecule has 1 aromatic rings. The number of amides is 1. The zero-order valence-electron chi connectivity index (χ0n) is 15.2. The van der Waals surface area contributed by atoms with Crippen molar-refractivity contribution >= 4 is 42.1 Å². The summed E-state index contributed by atoms with van der Waals surface area (Å²) in [6.45, 7) is 8.33. The van der Waals surface area contributed by atoms with Crippen molar-refractivity contribution in [3.05, 3.63) is 16.1 Å². The molecular formula is C18H31Cl2N3OS. The molecule has 3 rings (SSSR count). The second kappa shape index (κ2) is 10.7. The molecule has 2 unspecified atom stereocenters. The Morgan fingerprint density at radius 2 is 2.08 bits per heavy atom. The highest BCUT2D eigenvalue weighted by Gasteiger charge is 2.29. The number of aryl methyl sites for hydroxylation is 1. The van der Waals surface area contributed by atoms with Gasteiger partial charge in [0.2, 0.25) is 5.91 Å². The van der Waals surface area contributed by atoms with Crippen LogP contribution in [0.5, 0.6) is 0 Å². The zero-order chi connectivity index (χ0) is 16.2. The largest absolute Gasteiger partial charge is 0.342 e. The van der Waals surface area contributed by atoms with Gasteiger partial charge in [-0.3, -0.25) is 4.79 Å². The molecule has 0 spiro atoms. The number of halogens is 2. The van der Waals surface area contributed by atoms with E-state index in [1.165, 1.54) is 24.3 Å². The van der Waals surface area contributed by atoms with Gasteiger partial charge in [-0.05, 0) is 57.5 Å². The molecule has 25 heavy (non-hydrogen) atoms. The van der Waals surface area contributed by atoms with E-state index in [1.807, 2.05) is 6.92 Å². The van der Waals surface area contributed by atoms with E-state index in [-0.39, 0.29) is 24.8 Å². The zero-order valence-corrected chi connectivity index (χ0v) is 17.7.